The minimum absolute atomic E-state index is 0.0678. The molecule has 10 heteroatoms. The number of ether oxygens (including phenoxy) is 1. The molecule has 0 saturated heterocycles. The summed E-state index contributed by atoms with van der Waals surface area (Å²) in [6, 6.07) is 6.77. The van der Waals surface area contributed by atoms with Gasteiger partial charge in [-0.3, -0.25) is 9.59 Å². The number of fused-ring (bicyclic) bond motifs is 2. The lowest BCUT2D eigenvalue weighted by atomic mass is 10.1. The third-order valence-corrected chi connectivity index (χ3v) is 4.55. The van der Waals surface area contributed by atoms with Gasteiger partial charge < -0.3 is 10.1 Å². The number of carbonyl (C=O) groups is 2. The number of hydrogen-bond acceptors (Lipinski definition) is 6. The molecular formula is C20H19FN6O3. The van der Waals surface area contributed by atoms with Crippen LogP contribution in [0.3, 0.4) is 0 Å². The lowest BCUT2D eigenvalue weighted by molar-refractivity contribution is -0.141. The molecule has 4 rings (SSSR count). The summed E-state index contributed by atoms with van der Waals surface area (Å²) in [7, 11) is 0. The lowest BCUT2D eigenvalue weighted by Crippen LogP contribution is -2.12. The maximum atomic E-state index is 15.1. The third-order valence-electron chi connectivity index (χ3n) is 4.55. The Hall–Kier alpha value is -3.82. The van der Waals surface area contributed by atoms with Gasteiger partial charge in [-0.05, 0) is 18.2 Å². The van der Waals surface area contributed by atoms with E-state index in [1.807, 2.05) is 18.2 Å². The molecule has 4 heterocycles. The van der Waals surface area contributed by atoms with Crippen molar-refractivity contribution in [3.05, 3.63) is 42.5 Å². The van der Waals surface area contributed by atoms with E-state index in [9.17, 15) is 9.59 Å². The Morgan fingerprint density at radius 1 is 1.30 bits per heavy atom. The summed E-state index contributed by atoms with van der Waals surface area (Å²) in [6.45, 7) is 3.28. The third kappa shape index (κ3) is 3.59. The Labute approximate surface area is 170 Å². The average molecular weight is 410 g/mol. The maximum Gasteiger partial charge on any atom is 0.302 e. The number of rotatable bonds is 6. The van der Waals surface area contributed by atoms with Crippen molar-refractivity contribution < 1.29 is 18.7 Å². The van der Waals surface area contributed by atoms with Crippen molar-refractivity contribution >= 4 is 34.2 Å². The highest BCUT2D eigenvalue weighted by Gasteiger charge is 2.20. The molecule has 4 aromatic rings. The molecule has 0 aliphatic rings. The number of amides is 1. The molecule has 0 saturated carbocycles. The van der Waals surface area contributed by atoms with Crippen LogP contribution in [0.5, 0.6) is 0 Å². The van der Waals surface area contributed by atoms with E-state index in [2.05, 4.69) is 20.5 Å². The Balaban J connectivity index is 1.84. The second-order valence-electron chi connectivity index (χ2n) is 6.59. The predicted molar refractivity (Wildman–Crippen MR) is 107 cm³/mol. The van der Waals surface area contributed by atoms with E-state index in [1.165, 1.54) is 17.7 Å². The normalized spacial score (nSPS) is 11.2. The molecule has 0 spiro atoms. The molecule has 9 nitrogen and oxygen atoms in total. The van der Waals surface area contributed by atoms with E-state index in [0.717, 1.165) is 0 Å². The van der Waals surface area contributed by atoms with Gasteiger partial charge in [-0.25, -0.2) is 18.6 Å². The summed E-state index contributed by atoms with van der Waals surface area (Å²) in [6.07, 6.45) is 3.56. The second kappa shape index (κ2) is 7.90. The van der Waals surface area contributed by atoms with Crippen LogP contribution in [0.2, 0.25) is 0 Å². The van der Waals surface area contributed by atoms with Crippen molar-refractivity contribution in [1.29, 1.82) is 0 Å². The number of pyridine rings is 2. The van der Waals surface area contributed by atoms with E-state index >= 15 is 4.39 Å². The van der Waals surface area contributed by atoms with Gasteiger partial charge in [0, 0.05) is 25.1 Å². The number of aromatic nitrogens is 5. The second-order valence-corrected chi connectivity index (χ2v) is 6.59. The number of esters is 1. The molecule has 1 N–H and O–H groups in total. The molecule has 0 aliphatic heterocycles. The molecule has 0 bridgehead atoms. The highest BCUT2D eigenvalue weighted by molar-refractivity contribution is 5.99. The van der Waals surface area contributed by atoms with Crippen molar-refractivity contribution in [2.24, 2.45) is 0 Å². The van der Waals surface area contributed by atoms with Crippen molar-refractivity contribution in [3.63, 3.8) is 0 Å². The number of nitrogens with one attached hydrogen (secondary N) is 1. The van der Waals surface area contributed by atoms with Gasteiger partial charge in [0.2, 0.25) is 5.91 Å². The average Bonchev–Trinajstić information content (AvgIpc) is 3.29. The Morgan fingerprint density at radius 3 is 2.90 bits per heavy atom. The van der Waals surface area contributed by atoms with Gasteiger partial charge >= 0.3 is 5.97 Å². The van der Waals surface area contributed by atoms with Crippen molar-refractivity contribution in [2.45, 2.75) is 26.8 Å². The number of carbonyl (C=O) groups excluding carboxylic acids is 2. The Bertz CT molecular complexity index is 1260. The molecule has 30 heavy (non-hydrogen) atoms. The first-order chi connectivity index (χ1) is 14.5. The van der Waals surface area contributed by atoms with Crippen molar-refractivity contribution in [2.75, 3.05) is 11.9 Å². The Kier molecular flexibility index (Phi) is 5.13. The van der Waals surface area contributed by atoms with Crippen molar-refractivity contribution in [3.8, 4) is 11.3 Å². The van der Waals surface area contributed by atoms with E-state index < -0.39 is 11.8 Å². The van der Waals surface area contributed by atoms with Gasteiger partial charge in [0.05, 0.1) is 23.6 Å². The van der Waals surface area contributed by atoms with Crippen LogP contribution in [0.1, 0.15) is 20.3 Å². The largest absolute Gasteiger partial charge is 0.464 e. The standard InChI is InChI=1S/C20H19FN6O3/c1-3-17(29)23-19-13-10-15(21)18(14-11-22-26-7-5-4-6-16(14)26)24-20(13)27(25-19)8-9-30-12(2)28/h4-7,10-11H,3,8-9H2,1-2H3,(H,23,25,29). The molecular weight excluding hydrogens is 391 g/mol. The van der Waals surface area contributed by atoms with Crippen LogP contribution >= 0.6 is 0 Å². The predicted octanol–water partition coefficient (Wildman–Crippen LogP) is 2.80. The van der Waals surface area contributed by atoms with E-state index in [4.69, 9.17) is 4.74 Å². The molecule has 0 fully saturated rings. The van der Waals surface area contributed by atoms with E-state index in [-0.39, 0.29) is 37.0 Å². The fourth-order valence-corrected chi connectivity index (χ4v) is 3.12. The molecule has 0 aliphatic carbocycles. The lowest BCUT2D eigenvalue weighted by Gasteiger charge is -2.05. The first-order valence-electron chi connectivity index (χ1n) is 9.41. The Morgan fingerprint density at radius 2 is 2.13 bits per heavy atom. The smallest absolute Gasteiger partial charge is 0.302 e. The van der Waals surface area contributed by atoms with Gasteiger partial charge in [-0.2, -0.15) is 10.2 Å². The molecule has 0 unspecified atom stereocenters. The number of nitrogens with zero attached hydrogens (tertiary/aromatic N) is 5. The maximum absolute atomic E-state index is 15.1. The van der Waals surface area contributed by atoms with Crippen LogP contribution < -0.4 is 5.32 Å². The monoisotopic (exact) mass is 410 g/mol. The van der Waals surface area contributed by atoms with Crippen LogP contribution in [0.15, 0.2) is 36.7 Å². The minimum atomic E-state index is -0.562. The highest BCUT2D eigenvalue weighted by Crippen LogP contribution is 2.30. The van der Waals surface area contributed by atoms with E-state index in [1.54, 1.807) is 23.8 Å². The van der Waals surface area contributed by atoms with Crippen LogP contribution in [-0.4, -0.2) is 42.9 Å². The molecule has 0 atom stereocenters. The summed E-state index contributed by atoms with van der Waals surface area (Å²) < 4.78 is 23.2. The molecule has 4 aromatic heterocycles. The SMILES string of the molecule is CCC(=O)Nc1nn(CCOC(C)=O)c2nc(-c3cnn4ccccc34)c(F)cc12. The quantitative estimate of drug-likeness (QED) is 0.490. The van der Waals surface area contributed by atoms with Gasteiger partial charge in [0.25, 0.3) is 0 Å². The topological polar surface area (TPSA) is 103 Å². The van der Waals surface area contributed by atoms with Crippen LogP contribution in [0, 0.1) is 5.82 Å². The fourth-order valence-electron chi connectivity index (χ4n) is 3.12. The first-order valence-corrected chi connectivity index (χ1v) is 9.41. The van der Waals surface area contributed by atoms with Gasteiger partial charge in [0.1, 0.15) is 12.3 Å². The highest BCUT2D eigenvalue weighted by atomic mass is 19.1. The summed E-state index contributed by atoms with van der Waals surface area (Å²) in [4.78, 5) is 27.4. The van der Waals surface area contributed by atoms with Gasteiger partial charge in [0.15, 0.2) is 17.3 Å². The summed E-state index contributed by atoms with van der Waals surface area (Å²) in [5, 5.41) is 11.6. The number of anilines is 1. The summed E-state index contributed by atoms with van der Waals surface area (Å²) >= 11 is 0. The summed E-state index contributed by atoms with van der Waals surface area (Å²) in [5.74, 6) is -1.03. The zero-order chi connectivity index (χ0) is 21.3. The molecule has 1 amide bonds. The zero-order valence-corrected chi connectivity index (χ0v) is 16.4. The van der Waals surface area contributed by atoms with Gasteiger partial charge in [-0.1, -0.05) is 13.0 Å². The molecule has 0 aromatic carbocycles. The first kappa shape index (κ1) is 19.5. The number of hydrogen-bond donors (Lipinski definition) is 1. The molecule has 154 valence electrons. The molecule has 0 radical (unpaired) electrons. The van der Waals surface area contributed by atoms with Crippen LogP contribution in [0.4, 0.5) is 10.2 Å². The van der Waals surface area contributed by atoms with Crippen LogP contribution in [-0.2, 0) is 20.9 Å². The van der Waals surface area contributed by atoms with Crippen LogP contribution in [0.25, 0.3) is 27.8 Å². The summed E-state index contributed by atoms with van der Waals surface area (Å²) in [5.41, 5.74) is 1.71. The zero-order valence-electron chi connectivity index (χ0n) is 16.4. The number of halogens is 1. The minimum Gasteiger partial charge on any atom is -0.464 e. The fraction of sp³-hybridized carbons (Fsp3) is 0.250. The van der Waals surface area contributed by atoms with E-state index in [0.29, 0.717) is 22.1 Å². The van der Waals surface area contributed by atoms with Crippen molar-refractivity contribution in [1.82, 2.24) is 24.4 Å². The van der Waals surface area contributed by atoms with Gasteiger partial charge in [-0.15, -0.1) is 0 Å².